The number of ether oxygens (including phenoxy) is 2. The van der Waals surface area contributed by atoms with Crippen molar-refractivity contribution in [2.75, 3.05) is 13.2 Å². The summed E-state index contributed by atoms with van der Waals surface area (Å²) in [5.41, 5.74) is 1.51. The predicted molar refractivity (Wildman–Crippen MR) is 175 cm³/mol. The van der Waals surface area contributed by atoms with Crippen molar-refractivity contribution >= 4 is 0 Å². The molecule has 1 saturated carbocycles. The molecular formula is C38H67NO2. The maximum atomic E-state index is 6.98. The van der Waals surface area contributed by atoms with Crippen LogP contribution in [0.1, 0.15) is 150 Å². The lowest BCUT2D eigenvalue weighted by Crippen LogP contribution is -2.41. The number of hydrogen-bond acceptors (Lipinski definition) is 3. The first kappa shape index (κ1) is 33.1. The number of nitrogens with zero attached hydrogens (tertiary/aromatic N) is 1. The number of fused-ring (bicyclic) bond motifs is 3. The number of piperidine rings is 1. The Morgan fingerprint density at radius 3 is 2.20 bits per heavy atom. The highest BCUT2D eigenvalue weighted by atomic mass is 16.5. The Labute approximate surface area is 255 Å². The SMILES string of the molecule is CC(=CC1CCCCC1)C1OCC2CCCCN2C=CC2OC(CCC(C)CC(C)CCCCCC1C)CCC2C. The van der Waals surface area contributed by atoms with Crippen LogP contribution in [0.15, 0.2) is 23.9 Å². The van der Waals surface area contributed by atoms with Gasteiger partial charge in [0.25, 0.3) is 0 Å². The highest BCUT2D eigenvalue weighted by Crippen LogP contribution is 2.33. The van der Waals surface area contributed by atoms with E-state index in [1.807, 2.05) is 0 Å². The van der Waals surface area contributed by atoms with Gasteiger partial charge in [0.15, 0.2) is 0 Å². The summed E-state index contributed by atoms with van der Waals surface area (Å²) in [5, 5.41) is 0. The topological polar surface area (TPSA) is 21.7 Å². The normalized spacial score (nSPS) is 38.6. The van der Waals surface area contributed by atoms with Crippen LogP contribution in [-0.2, 0) is 9.47 Å². The van der Waals surface area contributed by atoms with Gasteiger partial charge < -0.3 is 14.4 Å². The second-order valence-electron chi connectivity index (χ2n) is 15.2. The van der Waals surface area contributed by atoms with Gasteiger partial charge in [-0.2, -0.15) is 0 Å². The summed E-state index contributed by atoms with van der Waals surface area (Å²) in [7, 11) is 0. The van der Waals surface area contributed by atoms with Crippen LogP contribution in [0.5, 0.6) is 0 Å². The molecule has 41 heavy (non-hydrogen) atoms. The lowest BCUT2D eigenvalue weighted by atomic mass is 9.85. The summed E-state index contributed by atoms with van der Waals surface area (Å²) in [5.74, 6) is 3.61. The third kappa shape index (κ3) is 11.0. The van der Waals surface area contributed by atoms with Gasteiger partial charge in [0, 0.05) is 6.54 Å². The average Bonchev–Trinajstić information content (AvgIpc) is 2.96. The number of hydrogen-bond donors (Lipinski definition) is 0. The van der Waals surface area contributed by atoms with Crippen LogP contribution >= 0.6 is 0 Å². The Balaban J connectivity index is 1.47. The minimum atomic E-state index is 0.258. The molecule has 3 heterocycles. The molecule has 4 aliphatic rings. The second kappa shape index (κ2) is 17.5. The first-order chi connectivity index (χ1) is 19.9. The van der Waals surface area contributed by atoms with E-state index >= 15 is 0 Å². The molecule has 8 atom stereocenters. The van der Waals surface area contributed by atoms with Crippen LogP contribution in [0.2, 0.25) is 0 Å². The van der Waals surface area contributed by atoms with Crippen molar-refractivity contribution in [2.45, 2.75) is 175 Å². The molecule has 0 aromatic rings. The Morgan fingerprint density at radius 1 is 0.707 bits per heavy atom. The van der Waals surface area contributed by atoms with Crippen LogP contribution in [0.3, 0.4) is 0 Å². The van der Waals surface area contributed by atoms with Gasteiger partial charge in [-0.15, -0.1) is 0 Å². The zero-order valence-electron chi connectivity index (χ0n) is 27.8. The molecule has 4 rings (SSSR count). The summed E-state index contributed by atoms with van der Waals surface area (Å²) in [6.07, 6.45) is 32.5. The molecule has 0 aromatic heterocycles. The second-order valence-corrected chi connectivity index (χ2v) is 15.2. The van der Waals surface area contributed by atoms with Crippen molar-refractivity contribution in [3.05, 3.63) is 23.9 Å². The third-order valence-corrected chi connectivity index (χ3v) is 11.2. The summed E-state index contributed by atoms with van der Waals surface area (Å²) in [4.78, 5) is 2.61. The molecule has 3 aliphatic heterocycles. The van der Waals surface area contributed by atoms with Crippen LogP contribution in [0.25, 0.3) is 0 Å². The largest absolute Gasteiger partial charge is 0.372 e. The molecule has 3 fully saturated rings. The van der Waals surface area contributed by atoms with Gasteiger partial charge >= 0.3 is 0 Å². The van der Waals surface area contributed by atoms with Gasteiger partial charge in [-0.05, 0) is 125 Å². The van der Waals surface area contributed by atoms with E-state index in [0.717, 1.165) is 30.9 Å². The molecule has 0 N–H and O–H groups in total. The number of rotatable bonds is 2. The maximum absolute atomic E-state index is 6.98. The molecule has 236 valence electrons. The van der Waals surface area contributed by atoms with E-state index < -0.39 is 0 Å². The third-order valence-electron chi connectivity index (χ3n) is 11.2. The standard InChI is InChI=1S/C38H67NO2/c1-29-14-8-6-9-15-32(4)38(33(5)27-34-16-10-7-11-17-34)40-28-35-18-12-13-24-39(35)25-23-37-31(3)20-22-36(41-37)21-19-30(2)26-29/h23,25,27,29-32,34-38H,6-22,24,26,28H2,1-5H3. The Kier molecular flexibility index (Phi) is 14.1. The molecule has 3 heteroatoms. The molecule has 2 saturated heterocycles. The van der Waals surface area contributed by atoms with E-state index in [0.29, 0.717) is 24.0 Å². The minimum absolute atomic E-state index is 0.258. The summed E-state index contributed by atoms with van der Waals surface area (Å²) in [6.45, 7) is 14.2. The Morgan fingerprint density at radius 2 is 1.39 bits per heavy atom. The van der Waals surface area contributed by atoms with E-state index in [9.17, 15) is 0 Å². The van der Waals surface area contributed by atoms with Crippen LogP contribution in [0.4, 0.5) is 0 Å². The van der Waals surface area contributed by atoms with Crippen LogP contribution in [0, 0.1) is 29.6 Å². The van der Waals surface area contributed by atoms with Crippen molar-refractivity contribution in [1.82, 2.24) is 4.90 Å². The summed E-state index contributed by atoms with van der Waals surface area (Å²) < 4.78 is 13.7. The molecule has 2 bridgehead atoms. The fraction of sp³-hybridized carbons (Fsp3) is 0.895. The molecule has 1 aliphatic carbocycles. The van der Waals surface area contributed by atoms with Crippen LogP contribution < -0.4 is 0 Å². The quantitative estimate of drug-likeness (QED) is 0.309. The Hall–Kier alpha value is -0.800. The van der Waals surface area contributed by atoms with Gasteiger partial charge in [-0.3, -0.25) is 0 Å². The van der Waals surface area contributed by atoms with Crippen LogP contribution in [-0.4, -0.2) is 42.4 Å². The fourth-order valence-corrected chi connectivity index (χ4v) is 8.49. The van der Waals surface area contributed by atoms with E-state index in [1.54, 1.807) is 0 Å². The summed E-state index contributed by atoms with van der Waals surface area (Å²) in [6, 6.07) is 0.489. The van der Waals surface area contributed by atoms with Crippen molar-refractivity contribution < 1.29 is 9.47 Å². The molecule has 8 unspecified atom stereocenters. The lowest BCUT2D eigenvalue weighted by molar-refractivity contribution is -0.0600. The minimum Gasteiger partial charge on any atom is -0.372 e. The molecule has 0 radical (unpaired) electrons. The van der Waals surface area contributed by atoms with Gasteiger partial charge in [0.1, 0.15) is 0 Å². The summed E-state index contributed by atoms with van der Waals surface area (Å²) >= 11 is 0. The van der Waals surface area contributed by atoms with E-state index in [4.69, 9.17) is 9.47 Å². The van der Waals surface area contributed by atoms with Gasteiger partial charge in [-0.1, -0.05) is 78.7 Å². The highest BCUT2D eigenvalue weighted by molar-refractivity contribution is 5.09. The monoisotopic (exact) mass is 570 g/mol. The zero-order valence-corrected chi connectivity index (χ0v) is 27.8. The predicted octanol–water partition coefficient (Wildman–Crippen LogP) is 10.5. The van der Waals surface area contributed by atoms with Crippen molar-refractivity contribution in [3.8, 4) is 0 Å². The zero-order chi connectivity index (χ0) is 29.0. The Bertz CT molecular complexity index is 785. The molecule has 0 aromatic carbocycles. The fourth-order valence-electron chi connectivity index (χ4n) is 8.49. The van der Waals surface area contributed by atoms with E-state index in [2.05, 4.69) is 57.9 Å². The smallest absolute Gasteiger partial charge is 0.0808 e. The van der Waals surface area contributed by atoms with Crippen molar-refractivity contribution in [1.29, 1.82) is 0 Å². The first-order valence-corrected chi connectivity index (χ1v) is 18.3. The highest BCUT2D eigenvalue weighted by Gasteiger charge is 2.29. The lowest BCUT2D eigenvalue weighted by Gasteiger charge is -2.38. The maximum Gasteiger partial charge on any atom is 0.0808 e. The van der Waals surface area contributed by atoms with Gasteiger partial charge in [0.05, 0.1) is 31.0 Å². The van der Waals surface area contributed by atoms with Gasteiger partial charge in [0.2, 0.25) is 0 Å². The molecule has 0 spiro atoms. The van der Waals surface area contributed by atoms with E-state index in [1.165, 1.54) is 121 Å². The molecule has 0 amide bonds. The average molecular weight is 570 g/mol. The molecule has 3 nitrogen and oxygen atoms in total. The number of allylic oxidation sites excluding steroid dienone is 1. The molecular weight excluding hydrogens is 502 g/mol. The van der Waals surface area contributed by atoms with Crippen molar-refractivity contribution in [3.63, 3.8) is 0 Å². The van der Waals surface area contributed by atoms with Crippen molar-refractivity contribution in [2.24, 2.45) is 29.6 Å². The first-order valence-electron chi connectivity index (χ1n) is 18.3. The van der Waals surface area contributed by atoms with E-state index in [-0.39, 0.29) is 12.2 Å². The van der Waals surface area contributed by atoms with Gasteiger partial charge in [-0.25, -0.2) is 0 Å².